The van der Waals surface area contributed by atoms with E-state index in [4.69, 9.17) is 9.47 Å². The third kappa shape index (κ3) is 7.18. The molecule has 0 heterocycles. The highest BCUT2D eigenvalue weighted by atomic mass is 19.1. The molecule has 11 nitrogen and oxygen atoms in total. The lowest BCUT2D eigenvalue weighted by atomic mass is 10.0. The van der Waals surface area contributed by atoms with E-state index in [1.54, 1.807) is 72.8 Å². The van der Waals surface area contributed by atoms with Crippen molar-refractivity contribution >= 4 is 73.3 Å². The number of anilines is 2. The summed E-state index contributed by atoms with van der Waals surface area (Å²) in [5.41, 5.74) is 4.06. The summed E-state index contributed by atoms with van der Waals surface area (Å²) in [7, 11) is 5.82. The van der Waals surface area contributed by atoms with E-state index in [0.29, 0.717) is 55.2 Å². The minimum Gasteiger partial charge on any atom is -0.494 e. The number of hydrogen-bond donors (Lipinski definition) is 0. The van der Waals surface area contributed by atoms with Crippen LogP contribution in [0.4, 0.5) is 42.9 Å². The van der Waals surface area contributed by atoms with E-state index in [0.717, 1.165) is 0 Å². The van der Waals surface area contributed by atoms with Crippen LogP contribution in [-0.4, -0.2) is 45.9 Å². The zero-order valence-corrected chi connectivity index (χ0v) is 34.8. The lowest BCUT2D eigenvalue weighted by molar-refractivity contribution is 0.0981. The molecular formula is C51H36F2N6O5. The van der Waals surface area contributed by atoms with Crippen LogP contribution in [0, 0.1) is 11.6 Å². The fourth-order valence-corrected chi connectivity index (χ4v) is 7.97. The van der Waals surface area contributed by atoms with Crippen molar-refractivity contribution in [3.63, 3.8) is 0 Å². The third-order valence-electron chi connectivity index (χ3n) is 11.2. The number of para-hydroxylation sites is 2. The summed E-state index contributed by atoms with van der Waals surface area (Å²) in [6.45, 7) is 0. The minimum absolute atomic E-state index is 0.101. The van der Waals surface area contributed by atoms with Gasteiger partial charge in [0.2, 0.25) is 0 Å². The summed E-state index contributed by atoms with van der Waals surface area (Å²) < 4.78 is 41.0. The molecule has 0 bridgehead atoms. The van der Waals surface area contributed by atoms with Gasteiger partial charge in [-0.3, -0.25) is 14.4 Å². The number of amides is 2. The molecule has 0 aliphatic heterocycles. The van der Waals surface area contributed by atoms with Crippen LogP contribution < -0.4 is 19.3 Å². The number of halogens is 2. The molecule has 8 aromatic carbocycles. The predicted octanol–water partition coefficient (Wildman–Crippen LogP) is 12.9. The van der Waals surface area contributed by atoms with Crippen LogP contribution >= 0.6 is 0 Å². The van der Waals surface area contributed by atoms with Gasteiger partial charge in [-0.05, 0) is 82.6 Å². The van der Waals surface area contributed by atoms with Crippen molar-refractivity contribution in [1.29, 1.82) is 0 Å². The number of carbonyl (C=O) groups is 3. The molecule has 314 valence electrons. The number of rotatable bonds is 10. The first kappa shape index (κ1) is 40.9. The molecular weight excluding hydrogens is 815 g/mol. The summed E-state index contributed by atoms with van der Waals surface area (Å²) in [5.74, 6) is -2.07. The SMILES string of the molecule is COc1c(C(=O)N(C)c2ccccc2F)cc2ccccc2c1N=Nc1ccc2c(c1)C(=O)c1cc(N=Nc3c(OC)c(C(=O)N(C)c4ccccc4F)cc4ccccc34)ccc1-2. The van der Waals surface area contributed by atoms with Crippen LogP contribution in [0.25, 0.3) is 32.7 Å². The molecule has 0 saturated heterocycles. The predicted molar refractivity (Wildman–Crippen MR) is 243 cm³/mol. The molecule has 0 fully saturated rings. The second kappa shape index (κ2) is 16.8. The van der Waals surface area contributed by atoms with Crippen molar-refractivity contribution in [2.24, 2.45) is 20.5 Å². The van der Waals surface area contributed by atoms with Gasteiger partial charge in [0.1, 0.15) is 23.0 Å². The second-order valence-electron chi connectivity index (χ2n) is 14.9. The number of carbonyl (C=O) groups excluding carboxylic acids is 3. The molecule has 0 spiro atoms. The summed E-state index contributed by atoms with van der Waals surface area (Å²) in [4.78, 5) is 44.2. The van der Waals surface area contributed by atoms with Crippen LogP contribution in [0.2, 0.25) is 0 Å². The maximum Gasteiger partial charge on any atom is 0.261 e. The van der Waals surface area contributed by atoms with Crippen LogP contribution in [0.5, 0.6) is 11.5 Å². The van der Waals surface area contributed by atoms with Crippen molar-refractivity contribution in [3.8, 4) is 22.6 Å². The molecule has 0 N–H and O–H groups in total. The largest absolute Gasteiger partial charge is 0.494 e. The lowest BCUT2D eigenvalue weighted by Gasteiger charge is -2.20. The molecule has 1 aliphatic rings. The number of ketones is 1. The average Bonchev–Trinajstić information content (AvgIpc) is 3.60. The summed E-state index contributed by atoms with van der Waals surface area (Å²) >= 11 is 0. The van der Waals surface area contributed by atoms with Crippen LogP contribution in [0.15, 0.2) is 166 Å². The molecule has 13 heteroatoms. The Hall–Kier alpha value is -8.45. The Balaban J connectivity index is 1.02. The first-order valence-electron chi connectivity index (χ1n) is 20.0. The van der Waals surface area contributed by atoms with Crippen LogP contribution in [0.1, 0.15) is 36.6 Å². The van der Waals surface area contributed by atoms with Gasteiger partial charge in [0, 0.05) is 36.0 Å². The van der Waals surface area contributed by atoms with Crippen molar-refractivity contribution in [2.45, 2.75) is 0 Å². The first-order chi connectivity index (χ1) is 31.1. The van der Waals surface area contributed by atoms with Crippen LogP contribution in [-0.2, 0) is 0 Å². The maximum absolute atomic E-state index is 14.7. The van der Waals surface area contributed by atoms with Gasteiger partial charge < -0.3 is 19.3 Å². The fourth-order valence-electron chi connectivity index (χ4n) is 7.97. The van der Waals surface area contributed by atoms with Gasteiger partial charge >= 0.3 is 0 Å². The van der Waals surface area contributed by atoms with Gasteiger partial charge in [0.25, 0.3) is 11.8 Å². The number of hydrogen-bond acceptors (Lipinski definition) is 9. The third-order valence-corrected chi connectivity index (χ3v) is 11.2. The van der Waals surface area contributed by atoms with Crippen molar-refractivity contribution in [3.05, 3.63) is 179 Å². The molecule has 2 amide bonds. The van der Waals surface area contributed by atoms with Crippen molar-refractivity contribution < 1.29 is 32.6 Å². The fraction of sp³-hybridized carbons (Fsp3) is 0.0784. The number of benzene rings is 8. The van der Waals surface area contributed by atoms with Crippen molar-refractivity contribution in [2.75, 3.05) is 38.1 Å². The zero-order chi connectivity index (χ0) is 44.6. The number of ether oxygens (including phenoxy) is 2. The van der Waals surface area contributed by atoms with E-state index < -0.39 is 23.4 Å². The molecule has 8 aromatic rings. The Morgan fingerprint density at radius 2 is 0.875 bits per heavy atom. The first-order valence-corrected chi connectivity index (χ1v) is 20.0. The zero-order valence-electron chi connectivity index (χ0n) is 34.8. The molecule has 0 saturated carbocycles. The van der Waals surface area contributed by atoms with Gasteiger partial charge in [-0.1, -0.05) is 84.9 Å². The van der Waals surface area contributed by atoms with Gasteiger partial charge in [-0.15, -0.1) is 10.2 Å². The van der Waals surface area contributed by atoms with Gasteiger partial charge in [0.05, 0.1) is 48.1 Å². The summed E-state index contributed by atoms with van der Waals surface area (Å²) in [6.07, 6.45) is 0. The highest BCUT2D eigenvalue weighted by molar-refractivity contribution is 6.22. The topological polar surface area (TPSA) is 126 Å². The van der Waals surface area contributed by atoms with E-state index in [9.17, 15) is 23.2 Å². The van der Waals surface area contributed by atoms with Gasteiger partial charge in [-0.25, -0.2) is 8.78 Å². The number of nitrogens with zero attached hydrogens (tertiary/aromatic N) is 6. The lowest BCUT2D eigenvalue weighted by Crippen LogP contribution is -2.27. The molecule has 0 aromatic heterocycles. The Kier molecular flexibility index (Phi) is 10.7. The van der Waals surface area contributed by atoms with Crippen molar-refractivity contribution in [1.82, 2.24) is 0 Å². The quantitative estimate of drug-likeness (QED) is 0.127. The number of fused-ring (bicyclic) bond motifs is 5. The number of azo groups is 2. The molecule has 1 aliphatic carbocycles. The van der Waals surface area contributed by atoms with E-state index in [1.807, 2.05) is 48.5 Å². The Morgan fingerprint density at radius 3 is 1.28 bits per heavy atom. The normalized spacial score (nSPS) is 11.9. The van der Waals surface area contributed by atoms with Gasteiger partial charge in [-0.2, -0.15) is 10.2 Å². The Morgan fingerprint density at radius 1 is 0.484 bits per heavy atom. The molecule has 64 heavy (non-hydrogen) atoms. The van der Waals surface area contributed by atoms with E-state index in [2.05, 4.69) is 20.5 Å². The van der Waals surface area contributed by atoms with Gasteiger partial charge in [0.15, 0.2) is 17.3 Å². The van der Waals surface area contributed by atoms with E-state index in [-0.39, 0.29) is 51.2 Å². The molecule has 0 atom stereocenters. The van der Waals surface area contributed by atoms with E-state index >= 15 is 0 Å². The smallest absolute Gasteiger partial charge is 0.261 e. The Bertz CT molecular complexity index is 3080. The average molecular weight is 851 g/mol. The monoisotopic (exact) mass is 850 g/mol. The molecule has 9 rings (SSSR count). The highest BCUT2D eigenvalue weighted by Crippen LogP contribution is 2.45. The molecule has 0 unspecified atom stereocenters. The maximum atomic E-state index is 14.7. The van der Waals surface area contributed by atoms with E-state index in [1.165, 1.54) is 62.4 Å². The van der Waals surface area contributed by atoms with Crippen LogP contribution in [0.3, 0.4) is 0 Å². The minimum atomic E-state index is -0.551. The molecule has 0 radical (unpaired) electrons. The second-order valence-corrected chi connectivity index (χ2v) is 14.9. The Labute approximate surface area is 365 Å². The summed E-state index contributed by atoms with van der Waals surface area (Å²) in [6, 6.07) is 40.4. The highest BCUT2D eigenvalue weighted by Gasteiger charge is 2.29. The standard InChI is InChI=1S/C51H36F2N6O5/c1-58(43-19-11-9-17-41(43)52)50(61)39-25-29-13-5-7-15-33(29)45(48(39)63-3)56-54-31-21-23-35-36-24-22-32(28-38(36)47(60)37(35)27-31)55-57-46-34-16-8-6-14-30(34)26-40(49(46)64-4)51(62)59(2)44-20-12-10-18-42(44)53/h5-28H,1-4H3. The summed E-state index contributed by atoms with van der Waals surface area (Å²) in [5, 5.41) is 20.9. The number of methoxy groups -OCH3 is 2.